The Morgan fingerprint density at radius 3 is 2.62 bits per heavy atom. The van der Waals surface area contributed by atoms with Crippen molar-refractivity contribution in [3.05, 3.63) is 18.2 Å². The number of hydrogen-bond donors (Lipinski definition) is 2. The number of ether oxygens (including phenoxy) is 1. The Bertz CT molecular complexity index is 348. The van der Waals surface area contributed by atoms with Crippen molar-refractivity contribution in [2.75, 3.05) is 30.9 Å². The van der Waals surface area contributed by atoms with Gasteiger partial charge in [-0.15, -0.1) is 0 Å². The average molecular weight is 221 g/mol. The third-order valence-corrected chi connectivity index (χ3v) is 3.03. The first-order valence-electron chi connectivity index (χ1n) is 5.73. The molecule has 0 bridgehead atoms. The predicted molar refractivity (Wildman–Crippen MR) is 65.9 cm³/mol. The molecule has 2 heterocycles. The Morgan fingerprint density at radius 2 is 1.94 bits per heavy atom. The van der Waals surface area contributed by atoms with Crippen LogP contribution in [0.4, 0.5) is 11.6 Å². The van der Waals surface area contributed by atoms with E-state index in [2.05, 4.69) is 22.5 Å². The fourth-order valence-corrected chi connectivity index (χ4v) is 1.90. The van der Waals surface area contributed by atoms with E-state index in [0.717, 1.165) is 37.7 Å². The number of aromatic nitrogens is 1. The lowest BCUT2D eigenvalue weighted by molar-refractivity contribution is 0.0657. The molecule has 1 aliphatic heterocycles. The second-order valence-electron chi connectivity index (χ2n) is 4.46. The minimum absolute atomic E-state index is 0.109. The molecule has 0 radical (unpaired) electrons. The van der Waals surface area contributed by atoms with Gasteiger partial charge in [-0.1, -0.05) is 6.07 Å². The molecule has 88 valence electrons. The molecular weight excluding hydrogens is 202 g/mol. The average Bonchev–Trinajstić information content (AvgIpc) is 2.29. The molecule has 4 nitrogen and oxygen atoms in total. The molecular formula is C12H19N3O. The summed E-state index contributed by atoms with van der Waals surface area (Å²) in [6.45, 7) is 3.88. The normalized spacial score (nSPS) is 19.1. The van der Waals surface area contributed by atoms with Gasteiger partial charge in [0.25, 0.3) is 0 Å². The second-order valence-corrected chi connectivity index (χ2v) is 4.46. The third kappa shape index (κ3) is 2.64. The maximum absolute atomic E-state index is 5.37. The first kappa shape index (κ1) is 11.2. The summed E-state index contributed by atoms with van der Waals surface area (Å²) >= 11 is 0. The van der Waals surface area contributed by atoms with Gasteiger partial charge in [0, 0.05) is 25.8 Å². The lowest BCUT2D eigenvalue weighted by Gasteiger charge is -2.35. The van der Waals surface area contributed by atoms with Crippen molar-refractivity contribution in [3.63, 3.8) is 0 Å². The van der Waals surface area contributed by atoms with E-state index >= 15 is 0 Å². The highest BCUT2D eigenvalue weighted by molar-refractivity contribution is 5.46. The van der Waals surface area contributed by atoms with E-state index in [-0.39, 0.29) is 5.54 Å². The van der Waals surface area contributed by atoms with Crippen molar-refractivity contribution in [2.45, 2.75) is 25.3 Å². The van der Waals surface area contributed by atoms with Crippen molar-refractivity contribution < 1.29 is 4.74 Å². The molecule has 1 aromatic heterocycles. The quantitative estimate of drug-likeness (QED) is 0.820. The Morgan fingerprint density at radius 1 is 1.25 bits per heavy atom. The van der Waals surface area contributed by atoms with E-state index in [9.17, 15) is 0 Å². The van der Waals surface area contributed by atoms with Crippen molar-refractivity contribution in [2.24, 2.45) is 0 Å². The van der Waals surface area contributed by atoms with Gasteiger partial charge in [-0.3, -0.25) is 0 Å². The van der Waals surface area contributed by atoms with Gasteiger partial charge in [0.15, 0.2) is 0 Å². The molecule has 16 heavy (non-hydrogen) atoms. The molecule has 0 unspecified atom stereocenters. The predicted octanol–water partition coefficient (Wildman–Crippen LogP) is 2.10. The molecule has 1 fully saturated rings. The Kier molecular flexibility index (Phi) is 3.29. The molecule has 0 atom stereocenters. The zero-order chi connectivity index (χ0) is 11.4. The summed E-state index contributed by atoms with van der Waals surface area (Å²) in [7, 11) is 1.88. The molecule has 4 heteroatoms. The molecule has 0 saturated carbocycles. The number of nitrogens with zero attached hydrogens (tertiary/aromatic N) is 1. The molecule has 2 rings (SSSR count). The highest BCUT2D eigenvalue weighted by atomic mass is 16.5. The Hall–Kier alpha value is -1.29. The molecule has 0 spiro atoms. The van der Waals surface area contributed by atoms with Crippen LogP contribution in [0.25, 0.3) is 0 Å². The van der Waals surface area contributed by atoms with Crippen LogP contribution >= 0.6 is 0 Å². The van der Waals surface area contributed by atoms with Crippen molar-refractivity contribution in [3.8, 4) is 0 Å². The first-order valence-corrected chi connectivity index (χ1v) is 5.73. The topological polar surface area (TPSA) is 46.2 Å². The van der Waals surface area contributed by atoms with E-state index < -0.39 is 0 Å². The highest BCUT2D eigenvalue weighted by Gasteiger charge is 2.27. The number of anilines is 2. The van der Waals surface area contributed by atoms with Gasteiger partial charge in [0.2, 0.25) is 0 Å². The van der Waals surface area contributed by atoms with Gasteiger partial charge in [-0.2, -0.15) is 0 Å². The Labute approximate surface area is 96.4 Å². The first-order chi connectivity index (χ1) is 7.72. The monoisotopic (exact) mass is 221 g/mol. The lowest BCUT2D eigenvalue weighted by Crippen LogP contribution is -2.40. The molecule has 1 aliphatic rings. The zero-order valence-corrected chi connectivity index (χ0v) is 9.92. The Balaban J connectivity index is 2.07. The van der Waals surface area contributed by atoms with Crippen LogP contribution in [0.5, 0.6) is 0 Å². The smallest absolute Gasteiger partial charge is 0.128 e. The van der Waals surface area contributed by atoms with Gasteiger partial charge >= 0.3 is 0 Å². The summed E-state index contributed by atoms with van der Waals surface area (Å²) in [6, 6.07) is 5.96. The largest absolute Gasteiger partial charge is 0.381 e. The van der Waals surface area contributed by atoms with Crippen LogP contribution in [0.15, 0.2) is 18.2 Å². The van der Waals surface area contributed by atoms with Crippen LogP contribution in [0, 0.1) is 0 Å². The summed E-state index contributed by atoms with van der Waals surface area (Å²) in [5, 5.41) is 6.54. The van der Waals surface area contributed by atoms with Gasteiger partial charge in [-0.05, 0) is 31.9 Å². The lowest BCUT2D eigenvalue weighted by atomic mass is 9.92. The molecule has 2 N–H and O–H groups in total. The number of pyridine rings is 1. The van der Waals surface area contributed by atoms with E-state index in [0.29, 0.717) is 0 Å². The molecule has 1 saturated heterocycles. The van der Waals surface area contributed by atoms with E-state index in [1.165, 1.54) is 0 Å². The second kappa shape index (κ2) is 4.70. The van der Waals surface area contributed by atoms with Gasteiger partial charge < -0.3 is 15.4 Å². The van der Waals surface area contributed by atoms with Crippen molar-refractivity contribution in [1.82, 2.24) is 4.98 Å². The van der Waals surface area contributed by atoms with Crippen LogP contribution in [-0.2, 0) is 4.74 Å². The minimum Gasteiger partial charge on any atom is -0.381 e. The minimum atomic E-state index is 0.109. The van der Waals surface area contributed by atoms with Gasteiger partial charge in [0.05, 0.1) is 0 Å². The van der Waals surface area contributed by atoms with Crippen LogP contribution in [0.3, 0.4) is 0 Å². The van der Waals surface area contributed by atoms with Gasteiger partial charge in [0.1, 0.15) is 11.6 Å². The summed E-state index contributed by atoms with van der Waals surface area (Å²) < 4.78 is 5.37. The van der Waals surface area contributed by atoms with E-state index in [4.69, 9.17) is 4.74 Å². The fraction of sp³-hybridized carbons (Fsp3) is 0.583. The summed E-state index contributed by atoms with van der Waals surface area (Å²) in [6.07, 6.45) is 2.05. The van der Waals surface area contributed by atoms with Gasteiger partial charge in [-0.25, -0.2) is 4.98 Å². The van der Waals surface area contributed by atoms with Crippen LogP contribution in [0.2, 0.25) is 0 Å². The van der Waals surface area contributed by atoms with Crippen molar-refractivity contribution in [1.29, 1.82) is 0 Å². The maximum Gasteiger partial charge on any atom is 0.128 e. The zero-order valence-electron chi connectivity index (χ0n) is 9.92. The summed E-state index contributed by atoms with van der Waals surface area (Å²) in [5.41, 5.74) is 0.109. The van der Waals surface area contributed by atoms with Crippen LogP contribution in [0.1, 0.15) is 19.8 Å². The number of nitrogens with one attached hydrogen (secondary N) is 2. The van der Waals surface area contributed by atoms with Crippen LogP contribution < -0.4 is 10.6 Å². The highest BCUT2D eigenvalue weighted by Crippen LogP contribution is 2.24. The van der Waals surface area contributed by atoms with E-state index in [1.807, 2.05) is 25.2 Å². The maximum atomic E-state index is 5.37. The summed E-state index contributed by atoms with van der Waals surface area (Å²) in [5.74, 6) is 1.82. The standard InChI is InChI=1S/C12H19N3O/c1-12(6-8-16-9-7-12)15-11-5-3-4-10(13-2)14-11/h3-5H,6-9H2,1-2H3,(H2,13,14,15). The van der Waals surface area contributed by atoms with E-state index in [1.54, 1.807) is 0 Å². The molecule has 0 amide bonds. The van der Waals surface area contributed by atoms with Crippen molar-refractivity contribution >= 4 is 11.6 Å². The van der Waals surface area contributed by atoms with Crippen LogP contribution in [-0.4, -0.2) is 30.8 Å². The summed E-state index contributed by atoms with van der Waals surface area (Å²) in [4.78, 5) is 4.47. The molecule has 0 aliphatic carbocycles. The molecule has 0 aromatic carbocycles. The number of rotatable bonds is 3. The fourth-order valence-electron chi connectivity index (χ4n) is 1.90. The SMILES string of the molecule is CNc1cccc(NC2(C)CCOCC2)n1. The third-order valence-electron chi connectivity index (χ3n) is 3.03. The molecule has 1 aromatic rings. The number of hydrogen-bond acceptors (Lipinski definition) is 4.